The lowest BCUT2D eigenvalue weighted by Gasteiger charge is -2.39. The van der Waals surface area contributed by atoms with Crippen molar-refractivity contribution in [1.82, 2.24) is 0 Å². The van der Waals surface area contributed by atoms with Crippen LogP contribution in [0, 0.1) is 5.41 Å². The molecule has 0 spiro atoms. The molecule has 0 heterocycles. The van der Waals surface area contributed by atoms with Gasteiger partial charge in [-0.1, -0.05) is 45.2 Å². The van der Waals surface area contributed by atoms with E-state index in [0.29, 0.717) is 23.1 Å². The molecule has 1 aromatic rings. The molecule has 0 saturated heterocycles. The van der Waals surface area contributed by atoms with E-state index >= 15 is 0 Å². The standard InChI is InChI=1S/C17H26ClNO/c1-4-11-20-15-9-8-13(12-14(15)18)19-16-7-5-6-10-17(16,2)3/h8-9,12,16,19H,4-7,10-11H2,1-3H3. The van der Waals surface area contributed by atoms with Crippen LogP contribution >= 0.6 is 11.6 Å². The molecule has 0 aromatic heterocycles. The third-order valence-electron chi connectivity index (χ3n) is 4.24. The first-order valence-electron chi connectivity index (χ1n) is 7.72. The second-order valence-corrected chi connectivity index (χ2v) is 6.83. The zero-order valence-corrected chi connectivity index (χ0v) is 13.6. The first kappa shape index (κ1) is 15.5. The van der Waals surface area contributed by atoms with E-state index in [4.69, 9.17) is 16.3 Å². The Hall–Kier alpha value is -0.890. The number of benzene rings is 1. The van der Waals surface area contributed by atoms with Gasteiger partial charge in [0, 0.05) is 11.7 Å². The Bertz CT molecular complexity index is 445. The van der Waals surface area contributed by atoms with Crippen molar-refractivity contribution < 1.29 is 4.74 Å². The van der Waals surface area contributed by atoms with Crippen molar-refractivity contribution in [3.8, 4) is 5.75 Å². The maximum Gasteiger partial charge on any atom is 0.138 e. The van der Waals surface area contributed by atoms with Crippen LogP contribution in [0.1, 0.15) is 52.9 Å². The van der Waals surface area contributed by atoms with Crippen LogP contribution in [-0.2, 0) is 0 Å². The molecule has 0 aliphatic heterocycles. The van der Waals surface area contributed by atoms with Crippen molar-refractivity contribution in [2.45, 2.75) is 58.9 Å². The van der Waals surface area contributed by atoms with Crippen molar-refractivity contribution in [2.75, 3.05) is 11.9 Å². The van der Waals surface area contributed by atoms with Crippen molar-refractivity contribution in [2.24, 2.45) is 5.41 Å². The molecule has 0 radical (unpaired) electrons. The van der Waals surface area contributed by atoms with E-state index in [2.05, 4.69) is 32.2 Å². The molecule has 1 aliphatic carbocycles. The van der Waals surface area contributed by atoms with Gasteiger partial charge in [-0.2, -0.15) is 0 Å². The Balaban J connectivity index is 2.04. The lowest BCUT2D eigenvalue weighted by molar-refractivity contribution is 0.217. The monoisotopic (exact) mass is 295 g/mol. The maximum absolute atomic E-state index is 6.29. The minimum Gasteiger partial charge on any atom is -0.492 e. The van der Waals surface area contributed by atoms with Crippen molar-refractivity contribution in [3.05, 3.63) is 23.2 Å². The van der Waals surface area contributed by atoms with Gasteiger partial charge in [-0.05, 0) is 42.9 Å². The van der Waals surface area contributed by atoms with Crippen LogP contribution in [0.2, 0.25) is 5.02 Å². The van der Waals surface area contributed by atoms with Crippen LogP contribution < -0.4 is 10.1 Å². The molecule has 0 bridgehead atoms. The van der Waals surface area contributed by atoms with Gasteiger partial charge in [-0.25, -0.2) is 0 Å². The minimum atomic E-state index is 0.349. The van der Waals surface area contributed by atoms with Gasteiger partial charge in [-0.15, -0.1) is 0 Å². The van der Waals surface area contributed by atoms with Gasteiger partial charge in [0.05, 0.1) is 11.6 Å². The maximum atomic E-state index is 6.29. The highest BCUT2D eigenvalue weighted by Crippen LogP contribution is 2.38. The summed E-state index contributed by atoms with van der Waals surface area (Å²) in [6, 6.07) is 6.55. The molecule has 1 fully saturated rings. The fourth-order valence-electron chi connectivity index (χ4n) is 2.88. The zero-order valence-electron chi connectivity index (χ0n) is 12.8. The molecule has 2 nitrogen and oxygen atoms in total. The molecule has 2 rings (SSSR count). The van der Waals surface area contributed by atoms with E-state index in [1.165, 1.54) is 25.7 Å². The number of anilines is 1. The number of hydrogen-bond acceptors (Lipinski definition) is 2. The second kappa shape index (κ2) is 6.71. The predicted octanol–water partition coefficient (Wildman–Crippen LogP) is 5.51. The third-order valence-corrected chi connectivity index (χ3v) is 4.54. The average molecular weight is 296 g/mol. The van der Waals surface area contributed by atoms with Gasteiger partial charge >= 0.3 is 0 Å². The van der Waals surface area contributed by atoms with E-state index in [0.717, 1.165) is 17.9 Å². The third kappa shape index (κ3) is 3.82. The Morgan fingerprint density at radius 3 is 2.80 bits per heavy atom. The van der Waals surface area contributed by atoms with Crippen LogP contribution in [0.4, 0.5) is 5.69 Å². The molecular formula is C17H26ClNO. The van der Waals surface area contributed by atoms with Gasteiger partial charge in [0.15, 0.2) is 0 Å². The Morgan fingerprint density at radius 2 is 2.15 bits per heavy atom. The Kier molecular flexibility index (Phi) is 5.20. The van der Waals surface area contributed by atoms with E-state index in [9.17, 15) is 0 Å². The molecule has 0 amide bonds. The summed E-state index contributed by atoms with van der Waals surface area (Å²) < 4.78 is 5.61. The van der Waals surface area contributed by atoms with Gasteiger partial charge < -0.3 is 10.1 Å². The summed E-state index contributed by atoms with van der Waals surface area (Å²) in [7, 11) is 0. The number of nitrogens with one attached hydrogen (secondary N) is 1. The van der Waals surface area contributed by atoms with Crippen LogP contribution in [-0.4, -0.2) is 12.6 Å². The Morgan fingerprint density at radius 1 is 1.35 bits per heavy atom. The van der Waals surface area contributed by atoms with Crippen LogP contribution in [0.15, 0.2) is 18.2 Å². The molecule has 1 atom stereocenters. The fourth-order valence-corrected chi connectivity index (χ4v) is 3.12. The molecule has 1 aromatic carbocycles. The number of hydrogen-bond donors (Lipinski definition) is 1. The second-order valence-electron chi connectivity index (χ2n) is 6.42. The first-order chi connectivity index (χ1) is 9.53. The van der Waals surface area contributed by atoms with E-state index in [1.807, 2.05) is 12.1 Å². The number of halogens is 1. The highest BCUT2D eigenvalue weighted by atomic mass is 35.5. The van der Waals surface area contributed by atoms with Crippen LogP contribution in [0.25, 0.3) is 0 Å². The first-order valence-corrected chi connectivity index (χ1v) is 8.09. The largest absolute Gasteiger partial charge is 0.492 e. The summed E-state index contributed by atoms with van der Waals surface area (Å²) in [5.74, 6) is 0.780. The Labute approximate surface area is 127 Å². The minimum absolute atomic E-state index is 0.349. The summed E-state index contributed by atoms with van der Waals surface area (Å²) in [5, 5.41) is 4.35. The molecule has 1 aliphatic rings. The molecule has 1 saturated carbocycles. The van der Waals surface area contributed by atoms with Crippen LogP contribution in [0.3, 0.4) is 0 Å². The van der Waals surface area contributed by atoms with Gasteiger partial charge in [0.1, 0.15) is 5.75 Å². The molecular weight excluding hydrogens is 270 g/mol. The summed E-state index contributed by atoms with van der Waals surface area (Å²) in [5.41, 5.74) is 1.45. The predicted molar refractivity (Wildman–Crippen MR) is 86.9 cm³/mol. The number of ether oxygens (including phenoxy) is 1. The van der Waals surface area contributed by atoms with E-state index in [-0.39, 0.29) is 0 Å². The highest BCUT2D eigenvalue weighted by molar-refractivity contribution is 6.32. The summed E-state index contributed by atoms with van der Waals surface area (Å²) in [6.45, 7) is 7.51. The highest BCUT2D eigenvalue weighted by Gasteiger charge is 2.32. The quantitative estimate of drug-likeness (QED) is 0.773. The van der Waals surface area contributed by atoms with Gasteiger partial charge in [0.2, 0.25) is 0 Å². The SMILES string of the molecule is CCCOc1ccc(NC2CCCCC2(C)C)cc1Cl. The summed E-state index contributed by atoms with van der Waals surface area (Å²) in [6.07, 6.45) is 6.17. The lowest BCUT2D eigenvalue weighted by Crippen LogP contribution is -2.38. The molecule has 20 heavy (non-hydrogen) atoms. The smallest absolute Gasteiger partial charge is 0.138 e. The zero-order chi connectivity index (χ0) is 14.6. The van der Waals surface area contributed by atoms with Gasteiger partial charge in [0.25, 0.3) is 0 Å². The van der Waals surface area contributed by atoms with Gasteiger partial charge in [-0.3, -0.25) is 0 Å². The van der Waals surface area contributed by atoms with Crippen LogP contribution in [0.5, 0.6) is 5.75 Å². The molecule has 3 heteroatoms. The number of rotatable bonds is 5. The normalized spacial score (nSPS) is 21.5. The van der Waals surface area contributed by atoms with E-state index < -0.39 is 0 Å². The molecule has 112 valence electrons. The van der Waals surface area contributed by atoms with Crippen molar-refractivity contribution in [3.63, 3.8) is 0 Å². The molecule has 1 N–H and O–H groups in total. The fraction of sp³-hybridized carbons (Fsp3) is 0.647. The summed E-state index contributed by atoms with van der Waals surface area (Å²) >= 11 is 6.29. The topological polar surface area (TPSA) is 21.3 Å². The lowest BCUT2D eigenvalue weighted by atomic mass is 9.73. The van der Waals surface area contributed by atoms with E-state index in [1.54, 1.807) is 0 Å². The average Bonchev–Trinajstić information content (AvgIpc) is 2.40. The molecule has 1 unspecified atom stereocenters. The summed E-state index contributed by atoms with van der Waals surface area (Å²) in [4.78, 5) is 0. The van der Waals surface area contributed by atoms with Crippen molar-refractivity contribution >= 4 is 17.3 Å². The van der Waals surface area contributed by atoms with Crippen molar-refractivity contribution in [1.29, 1.82) is 0 Å².